The maximum Gasteiger partial charge on any atom is 0.317 e. The van der Waals surface area contributed by atoms with Gasteiger partial charge in [0, 0.05) is 20.1 Å². The summed E-state index contributed by atoms with van der Waals surface area (Å²) < 4.78 is 0. The summed E-state index contributed by atoms with van der Waals surface area (Å²) in [5.41, 5.74) is -0.936. The molecular weight excluding hydrogens is 220 g/mol. The molecule has 0 saturated heterocycles. The summed E-state index contributed by atoms with van der Waals surface area (Å²) in [6.07, 6.45) is 0.937. The van der Waals surface area contributed by atoms with Crippen molar-refractivity contribution < 1.29 is 14.7 Å². The summed E-state index contributed by atoms with van der Waals surface area (Å²) in [5, 5.41) is 11.5. The molecule has 2 amide bonds. The minimum Gasteiger partial charge on any atom is -0.481 e. The second-order valence-corrected chi connectivity index (χ2v) is 5.45. The van der Waals surface area contributed by atoms with Gasteiger partial charge in [-0.05, 0) is 26.2 Å². The Balaban J connectivity index is 4.05. The average Bonchev–Trinajstić information content (AvgIpc) is 2.22. The number of rotatable bonds is 6. The van der Waals surface area contributed by atoms with Crippen LogP contribution in [-0.2, 0) is 4.79 Å². The Hall–Kier alpha value is -1.26. The van der Waals surface area contributed by atoms with E-state index in [1.807, 2.05) is 0 Å². The van der Waals surface area contributed by atoms with Crippen molar-refractivity contribution in [2.45, 2.75) is 34.1 Å². The van der Waals surface area contributed by atoms with Crippen LogP contribution in [0.25, 0.3) is 0 Å². The second kappa shape index (κ2) is 6.47. The van der Waals surface area contributed by atoms with E-state index in [0.717, 1.165) is 6.42 Å². The fourth-order valence-electron chi connectivity index (χ4n) is 1.06. The number of nitrogens with one attached hydrogen (secondary N) is 1. The first kappa shape index (κ1) is 15.7. The summed E-state index contributed by atoms with van der Waals surface area (Å²) in [4.78, 5) is 24.1. The molecule has 5 nitrogen and oxygen atoms in total. The molecule has 2 N–H and O–H groups in total. The van der Waals surface area contributed by atoms with E-state index >= 15 is 0 Å². The molecule has 0 rings (SSSR count). The molecule has 5 heteroatoms. The number of hydrogen-bond acceptors (Lipinski definition) is 2. The van der Waals surface area contributed by atoms with Gasteiger partial charge >= 0.3 is 12.0 Å². The highest BCUT2D eigenvalue weighted by Crippen LogP contribution is 2.13. The first-order valence-corrected chi connectivity index (χ1v) is 5.89. The van der Waals surface area contributed by atoms with E-state index < -0.39 is 11.4 Å². The molecule has 0 aromatic carbocycles. The molecule has 0 saturated carbocycles. The number of carbonyl (C=O) groups is 2. The van der Waals surface area contributed by atoms with E-state index in [0.29, 0.717) is 12.5 Å². The topological polar surface area (TPSA) is 69.6 Å². The lowest BCUT2D eigenvalue weighted by Crippen LogP contribution is -2.44. The summed E-state index contributed by atoms with van der Waals surface area (Å²) in [5.74, 6) is -0.372. The van der Waals surface area contributed by atoms with Crippen molar-refractivity contribution >= 4 is 12.0 Å². The van der Waals surface area contributed by atoms with Crippen LogP contribution in [0.3, 0.4) is 0 Å². The maximum atomic E-state index is 11.6. The van der Waals surface area contributed by atoms with Gasteiger partial charge in [0.2, 0.25) is 0 Å². The molecule has 0 aliphatic heterocycles. The fraction of sp³-hybridized carbons (Fsp3) is 0.833. The lowest BCUT2D eigenvalue weighted by atomic mass is 9.94. The summed E-state index contributed by atoms with van der Waals surface area (Å²) in [6, 6.07) is -0.222. The number of carboxylic acids is 1. The zero-order valence-electron chi connectivity index (χ0n) is 11.4. The highest BCUT2D eigenvalue weighted by atomic mass is 16.4. The first-order valence-electron chi connectivity index (χ1n) is 5.89. The lowest BCUT2D eigenvalue weighted by molar-refractivity contribution is -0.146. The van der Waals surface area contributed by atoms with Crippen LogP contribution in [0.2, 0.25) is 0 Å². The molecule has 0 aliphatic rings. The van der Waals surface area contributed by atoms with E-state index in [-0.39, 0.29) is 12.6 Å². The smallest absolute Gasteiger partial charge is 0.317 e. The molecule has 0 radical (unpaired) electrons. The Bertz CT molecular complexity index is 275. The monoisotopic (exact) mass is 244 g/mol. The van der Waals surface area contributed by atoms with Crippen molar-refractivity contribution in [1.82, 2.24) is 10.2 Å². The average molecular weight is 244 g/mol. The molecule has 0 aromatic rings. The van der Waals surface area contributed by atoms with Gasteiger partial charge in [-0.15, -0.1) is 0 Å². The van der Waals surface area contributed by atoms with Gasteiger partial charge in [-0.25, -0.2) is 4.79 Å². The molecule has 0 heterocycles. The minimum atomic E-state index is -0.936. The largest absolute Gasteiger partial charge is 0.481 e. The quantitative estimate of drug-likeness (QED) is 0.748. The molecule has 0 bridgehead atoms. The van der Waals surface area contributed by atoms with E-state index in [4.69, 9.17) is 5.11 Å². The number of aliphatic carboxylic acids is 1. The van der Waals surface area contributed by atoms with Crippen molar-refractivity contribution in [1.29, 1.82) is 0 Å². The van der Waals surface area contributed by atoms with Crippen molar-refractivity contribution in [3.8, 4) is 0 Å². The van der Waals surface area contributed by atoms with Gasteiger partial charge in [-0.3, -0.25) is 4.79 Å². The van der Waals surface area contributed by atoms with E-state index in [2.05, 4.69) is 19.2 Å². The molecule has 0 unspecified atom stereocenters. The second-order valence-electron chi connectivity index (χ2n) is 5.45. The van der Waals surface area contributed by atoms with Gasteiger partial charge in [0.25, 0.3) is 0 Å². The van der Waals surface area contributed by atoms with E-state index in [1.54, 1.807) is 25.8 Å². The molecule has 0 aliphatic carbocycles. The molecule has 0 fully saturated rings. The highest BCUT2D eigenvalue weighted by Gasteiger charge is 2.27. The predicted molar refractivity (Wildman–Crippen MR) is 66.9 cm³/mol. The van der Waals surface area contributed by atoms with Gasteiger partial charge in [-0.1, -0.05) is 13.8 Å². The van der Waals surface area contributed by atoms with Gasteiger partial charge in [0.15, 0.2) is 0 Å². The van der Waals surface area contributed by atoms with Crippen molar-refractivity contribution in [2.24, 2.45) is 11.3 Å². The zero-order chi connectivity index (χ0) is 13.6. The number of amides is 2. The highest BCUT2D eigenvalue weighted by molar-refractivity contribution is 5.77. The van der Waals surface area contributed by atoms with Crippen LogP contribution in [0.5, 0.6) is 0 Å². The van der Waals surface area contributed by atoms with Crippen molar-refractivity contribution in [3.63, 3.8) is 0 Å². The van der Waals surface area contributed by atoms with Crippen LogP contribution in [0.15, 0.2) is 0 Å². The first-order chi connectivity index (χ1) is 7.66. The Morgan fingerprint density at radius 1 is 1.35 bits per heavy atom. The Labute approximate surface area is 103 Å². The molecular formula is C12H24N2O3. The number of nitrogens with zero attached hydrogens (tertiary/aromatic N) is 1. The lowest BCUT2D eigenvalue weighted by Gasteiger charge is -2.23. The molecule has 0 spiro atoms. The molecule has 17 heavy (non-hydrogen) atoms. The Morgan fingerprint density at radius 2 is 1.88 bits per heavy atom. The van der Waals surface area contributed by atoms with Gasteiger partial charge in [0.1, 0.15) is 0 Å². The van der Waals surface area contributed by atoms with E-state index in [9.17, 15) is 9.59 Å². The van der Waals surface area contributed by atoms with Gasteiger partial charge < -0.3 is 15.3 Å². The number of carboxylic acid groups (broad SMARTS) is 1. The summed E-state index contributed by atoms with van der Waals surface area (Å²) >= 11 is 0. The van der Waals surface area contributed by atoms with Crippen molar-refractivity contribution in [2.75, 3.05) is 20.1 Å². The summed E-state index contributed by atoms with van der Waals surface area (Å²) in [6.45, 7) is 8.18. The van der Waals surface area contributed by atoms with Crippen LogP contribution in [0.4, 0.5) is 4.79 Å². The van der Waals surface area contributed by atoms with Crippen LogP contribution in [0.1, 0.15) is 34.1 Å². The fourth-order valence-corrected chi connectivity index (χ4v) is 1.06. The third kappa shape index (κ3) is 6.14. The standard InChI is InChI=1S/C12H24N2O3/c1-9(2)6-7-14(5)11(17)13-8-12(3,4)10(15)16/h9H,6-8H2,1-5H3,(H,13,17)(H,15,16). The SMILES string of the molecule is CC(C)CCN(C)C(=O)NCC(C)(C)C(=O)O. The number of carbonyl (C=O) groups excluding carboxylic acids is 1. The zero-order valence-corrected chi connectivity index (χ0v) is 11.4. The third-order valence-corrected chi connectivity index (χ3v) is 2.65. The minimum absolute atomic E-state index is 0.132. The van der Waals surface area contributed by atoms with E-state index in [1.165, 1.54) is 0 Å². The summed E-state index contributed by atoms with van der Waals surface area (Å²) in [7, 11) is 1.71. The molecule has 0 atom stereocenters. The molecule has 100 valence electrons. The van der Waals surface area contributed by atoms with Crippen LogP contribution in [0, 0.1) is 11.3 Å². The normalized spacial score (nSPS) is 11.4. The van der Waals surface area contributed by atoms with Crippen LogP contribution in [-0.4, -0.2) is 42.1 Å². The maximum absolute atomic E-state index is 11.6. The van der Waals surface area contributed by atoms with Crippen LogP contribution >= 0.6 is 0 Å². The number of hydrogen-bond donors (Lipinski definition) is 2. The predicted octanol–water partition coefficient (Wildman–Crippen LogP) is 1.78. The van der Waals surface area contributed by atoms with Gasteiger partial charge in [0.05, 0.1) is 5.41 Å². The Kier molecular flexibility index (Phi) is 5.99. The van der Waals surface area contributed by atoms with Crippen LogP contribution < -0.4 is 5.32 Å². The molecule has 0 aromatic heterocycles. The van der Waals surface area contributed by atoms with Gasteiger partial charge in [-0.2, -0.15) is 0 Å². The van der Waals surface area contributed by atoms with Crippen molar-refractivity contribution in [3.05, 3.63) is 0 Å². The Morgan fingerprint density at radius 3 is 2.29 bits per heavy atom. The third-order valence-electron chi connectivity index (χ3n) is 2.65. The number of urea groups is 1.